The van der Waals surface area contributed by atoms with Gasteiger partial charge in [0.2, 0.25) is 0 Å². The van der Waals surface area contributed by atoms with Crippen LogP contribution in [0.5, 0.6) is 0 Å². The minimum absolute atomic E-state index is 1.10. The highest BCUT2D eigenvalue weighted by molar-refractivity contribution is 6.22. The topological polar surface area (TPSA) is 3.24 Å². The summed E-state index contributed by atoms with van der Waals surface area (Å²) in [5, 5.41) is 4.92. The second kappa shape index (κ2) is 13.3. The molecular weight excluding hydrogens is 615 g/mol. The summed E-state index contributed by atoms with van der Waals surface area (Å²) in [5.74, 6) is 0. The molecule has 9 rings (SSSR count). The molecule has 0 spiro atoms. The molecule has 0 amide bonds. The molecule has 1 nitrogen and oxygen atoms in total. The molecule has 0 bridgehead atoms. The molecule has 0 unspecified atom stereocenters. The maximum atomic E-state index is 2.49. The smallest absolute Gasteiger partial charge is 0.0625 e. The van der Waals surface area contributed by atoms with Gasteiger partial charge in [0.25, 0.3) is 0 Å². The third kappa shape index (κ3) is 5.65. The lowest BCUT2D eigenvalue weighted by Gasteiger charge is -2.32. The Balaban J connectivity index is 1.32. The van der Waals surface area contributed by atoms with Crippen molar-refractivity contribution in [1.82, 2.24) is 0 Å². The first-order valence-corrected chi connectivity index (χ1v) is 17.5. The van der Waals surface area contributed by atoms with E-state index >= 15 is 0 Å². The standard InChI is InChI=1S/C50H35N/c1-4-17-36(18-5-1)40-23-16-24-41(35-40)37-31-33-42(34-32-37)51(48-30-15-14-25-43(48)38-19-6-2-7-20-38)50-47-29-13-11-27-45(47)44-26-10-12-28-46(44)49(50)39-21-8-3-9-22-39/h1-35H. The van der Waals surface area contributed by atoms with Crippen molar-refractivity contribution >= 4 is 38.6 Å². The first-order chi connectivity index (χ1) is 25.3. The monoisotopic (exact) mass is 649 g/mol. The molecule has 0 fully saturated rings. The number of rotatable bonds is 7. The van der Waals surface area contributed by atoms with E-state index in [0.29, 0.717) is 0 Å². The molecule has 1 heteroatoms. The molecule has 0 atom stereocenters. The number of para-hydroxylation sites is 1. The summed E-state index contributed by atoms with van der Waals surface area (Å²) >= 11 is 0. The summed E-state index contributed by atoms with van der Waals surface area (Å²) in [7, 11) is 0. The summed E-state index contributed by atoms with van der Waals surface area (Å²) in [6, 6.07) is 76.6. The average molecular weight is 650 g/mol. The van der Waals surface area contributed by atoms with Crippen LogP contribution >= 0.6 is 0 Å². The highest BCUT2D eigenvalue weighted by Crippen LogP contribution is 2.51. The number of benzene rings is 9. The van der Waals surface area contributed by atoms with Gasteiger partial charge in [0.1, 0.15) is 0 Å². The van der Waals surface area contributed by atoms with E-state index < -0.39 is 0 Å². The predicted octanol–water partition coefficient (Wildman–Crippen LogP) is 14.1. The van der Waals surface area contributed by atoms with Gasteiger partial charge >= 0.3 is 0 Å². The number of hydrogen-bond acceptors (Lipinski definition) is 1. The summed E-state index contributed by atoms with van der Waals surface area (Å²) < 4.78 is 0. The first-order valence-electron chi connectivity index (χ1n) is 17.5. The number of hydrogen-bond donors (Lipinski definition) is 0. The van der Waals surface area contributed by atoms with Gasteiger partial charge in [-0.05, 0) is 73.8 Å². The largest absolute Gasteiger partial charge is 0.309 e. The van der Waals surface area contributed by atoms with Gasteiger partial charge in [-0.2, -0.15) is 0 Å². The molecule has 9 aromatic rings. The van der Waals surface area contributed by atoms with Crippen LogP contribution in [0.25, 0.3) is 66.1 Å². The second-order valence-corrected chi connectivity index (χ2v) is 12.9. The van der Waals surface area contributed by atoms with Crippen LogP contribution in [0.1, 0.15) is 0 Å². The average Bonchev–Trinajstić information content (AvgIpc) is 3.22. The van der Waals surface area contributed by atoms with Gasteiger partial charge in [-0.1, -0.05) is 188 Å². The lowest BCUT2D eigenvalue weighted by atomic mass is 9.89. The SMILES string of the molecule is c1ccc(-c2cccc(-c3ccc(N(c4ccccc4-c4ccccc4)c4c(-c5ccccc5)c5ccccc5c5ccccc45)cc3)c2)cc1. The van der Waals surface area contributed by atoms with E-state index in [-0.39, 0.29) is 0 Å². The number of nitrogens with zero attached hydrogens (tertiary/aromatic N) is 1. The van der Waals surface area contributed by atoms with Gasteiger partial charge in [-0.3, -0.25) is 0 Å². The summed E-state index contributed by atoms with van der Waals surface area (Å²) in [6.07, 6.45) is 0. The molecule has 240 valence electrons. The highest BCUT2D eigenvalue weighted by Gasteiger charge is 2.25. The third-order valence-corrected chi connectivity index (χ3v) is 9.85. The van der Waals surface area contributed by atoms with Crippen LogP contribution in [0.15, 0.2) is 212 Å². The van der Waals surface area contributed by atoms with Crippen molar-refractivity contribution in [3.05, 3.63) is 212 Å². The maximum absolute atomic E-state index is 2.49. The van der Waals surface area contributed by atoms with E-state index in [1.54, 1.807) is 0 Å². The van der Waals surface area contributed by atoms with Crippen LogP contribution in [-0.4, -0.2) is 0 Å². The van der Waals surface area contributed by atoms with E-state index in [4.69, 9.17) is 0 Å². The molecule has 51 heavy (non-hydrogen) atoms. The van der Waals surface area contributed by atoms with Gasteiger partial charge in [0, 0.05) is 22.2 Å². The van der Waals surface area contributed by atoms with E-state index in [1.165, 1.54) is 66.1 Å². The zero-order valence-corrected chi connectivity index (χ0v) is 28.2. The molecule has 0 aliphatic heterocycles. The molecule has 9 aromatic carbocycles. The van der Waals surface area contributed by atoms with Gasteiger partial charge in [-0.25, -0.2) is 0 Å². The van der Waals surface area contributed by atoms with Crippen molar-refractivity contribution in [3.8, 4) is 44.5 Å². The fraction of sp³-hybridized carbons (Fsp3) is 0. The van der Waals surface area contributed by atoms with Crippen LogP contribution in [0.2, 0.25) is 0 Å². The second-order valence-electron chi connectivity index (χ2n) is 12.9. The third-order valence-electron chi connectivity index (χ3n) is 9.85. The molecule has 0 N–H and O–H groups in total. The Hall–Kier alpha value is -6.70. The zero-order chi connectivity index (χ0) is 34.0. The van der Waals surface area contributed by atoms with E-state index in [9.17, 15) is 0 Å². The Morgan fingerprint density at radius 2 is 0.725 bits per heavy atom. The Bertz CT molecular complexity index is 2610. The number of anilines is 3. The highest BCUT2D eigenvalue weighted by atomic mass is 15.1. The molecule has 0 saturated carbocycles. The Kier molecular flexibility index (Phi) is 7.92. The molecule has 0 aromatic heterocycles. The first kappa shape index (κ1) is 30.4. The van der Waals surface area contributed by atoms with Crippen LogP contribution in [0, 0.1) is 0 Å². The van der Waals surface area contributed by atoms with Crippen molar-refractivity contribution in [2.45, 2.75) is 0 Å². The Morgan fingerprint density at radius 1 is 0.275 bits per heavy atom. The molecule has 0 heterocycles. The lowest BCUT2D eigenvalue weighted by molar-refractivity contribution is 1.30. The maximum Gasteiger partial charge on any atom is 0.0625 e. The summed E-state index contributed by atoms with van der Waals surface area (Å²) in [6.45, 7) is 0. The molecule has 0 radical (unpaired) electrons. The summed E-state index contributed by atoms with van der Waals surface area (Å²) in [4.78, 5) is 2.49. The van der Waals surface area contributed by atoms with Crippen LogP contribution in [-0.2, 0) is 0 Å². The van der Waals surface area contributed by atoms with Crippen molar-refractivity contribution in [2.75, 3.05) is 4.90 Å². The van der Waals surface area contributed by atoms with Crippen molar-refractivity contribution in [3.63, 3.8) is 0 Å². The molecular formula is C50H35N. The minimum Gasteiger partial charge on any atom is -0.309 e. The van der Waals surface area contributed by atoms with Crippen molar-refractivity contribution in [1.29, 1.82) is 0 Å². The van der Waals surface area contributed by atoms with E-state index in [0.717, 1.165) is 17.1 Å². The van der Waals surface area contributed by atoms with Crippen molar-refractivity contribution in [2.24, 2.45) is 0 Å². The molecule has 0 saturated heterocycles. The predicted molar refractivity (Wildman–Crippen MR) is 218 cm³/mol. The number of fused-ring (bicyclic) bond motifs is 3. The van der Waals surface area contributed by atoms with Crippen molar-refractivity contribution < 1.29 is 0 Å². The van der Waals surface area contributed by atoms with Gasteiger partial charge in [-0.15, -0.1) is 0 Å². The van der Waals surface area contributed by atoms with Crippen LogP contribution in [0.4, 0.5) is 17.1 Å². The minimum atomic E-state index is 1.10. The quantitative estimate of drug-likeness (QED) is 0.155. The molecule has 0 aliphatic rings. The van der Waals surface area contributed by atoms with Crippen LogP contribution in [0.3, 0.4) is 0 Å². The van der Waals surface area contributed by atoms with E-state index in [2.05, 4.69) is 217 Å². The normalized spacial score (nSPS) is 11.1. The summed E-state index contributed by atoms with van der Waals surface area (Å²) in [5.41, 5.74) is 12.9. The van der Waals surface area contributed by atoms with Gasteiger partial charge in [0.05, 0.1) is 11.4 Å². The van der Waals surface area contributed by atoms with Crippen LogP contribution < -0.4 is 4.90 Å². The molecule has 0 aliphatic carbocycles. The zero-order valence-electron chi connectivity index (χ0n) is 28.2. The fourth-order valence-corrected chi connectivity index (χ4v) is 7.48. The van der Waals surface area contributed by atoms with Gasteiger partial charge < -0.3 is 4.90 Å². The van der Waals surface area contributed by atoms with Gasteiger partial charge in [0.15, 0.2) is 0 Å². The van der Waals surface area contributed by atoms with E-state index in [1.807, 2.05) is 0 Å². The lowest BCUT2D eigenvalue weighted by Crippen LogP contribution is -2.13. The fourth-order valence-electron chi connectivity index (χ4n) is 7.48. The Labute approximate surface area is 299 Å². The Morgan fingerprint density at radius 3 is 1.37 bits per heavy atom.